The molecule has 0 amide bonds. The van der Waals surface area contributed by atoms with E-state index in [2.05, 4.69) is 67.0 Å². The molecule has 3 atom stereocenters. The van der Waals surface area contributed by atoms with Gasteiger partial charge in [0.2, 0.25) is 0 Å². The second-order valence-corrected chi connectivity index (χ2v) is 8.30. The lowest BCUT2D eigenvalue weighted by molar-refractivity contribution is 0.172. The van der Waals surface area contributed by atoms with Gasteiger partial charge in [0.25, 0.3) is 0 Å². The molecule has 3 unspecified atom stereocenters. The first-order valence-corrected chi connectivity index (χ1v) is 9.21. The predicted molar refractivity (Wildman–Crippen MR) is 92.1 cm³/mol. The third-order valence-corrected chi connectivity index (χ3v) is 6.52. The van der Waals surface area contributed by atoms with Crippen LogP contribution >= 0.6 is 11.8 Å². The van der Waals surface area contributed by atoms with E-state index >= 15 is 0 Å². The average Bonchev–Trinajstić information content (AvgIpc) is 2.82. The van der Waals surface area contributed by atoms with Gasteiger partial charge in [0.05, 0.1) is 0 Å². The van der Waals surface area contributed by atoms with Crippen molar-refractivity contribution in [1.82, 2.24) is 10.2 Å². The van der Waals surface area contributed by atoms with Crippen molar-refractivity contribution in [3.05, 3.63) is 29.8 Å². The van der Waals surface area contributed by atoms with Crippen molar-refractivity contribution < 1.29 is 0 Å². The van der Waals surface area contributed by atoms with E-state index in [1.165, 1.54) is 37.2 Å². The van der Waals surface area contributed by atoms with Crippen LogP contribution in [0.1, 0.15) is 39.2 Å². The molecule has 1 aromatic carbocycles. The van der Waals surface area contributed by atoms with Crippen LogP contribution in [-0.2, 0) is 6.42 Å². The zero-order chi connectivity index (χ0) is 14.9. The molecule has 0 aromatic heterocycles. The summed E-state index contributed by atoms with van der Waals surface area (Å²) in [7, 11) is 0. The largest absolute Gasteiger partial charge is 0.310 e. The minimum absolute atomic E-state index is 0.279. The van der Waals surface area contributed by atoms with Crippen LogP contribution in [0.5, 0.6) is 0 Å². The van der Waals surface area contributed by atoms with Gasteiger partial charge in [-0.25, -0.2) is 0 Å². The summed E-state index contributed by atoms with van der Waals surface area (Å²) in [6, 6.07) is 9.61. The molecule has 3 rings (SSSR count). The maximum atomic E-state index is 3.76. The Balaban J connectivity index is 1.66. The highest BCUT2D eigenvalue weighted by Gasteiger charge is 2.33. The minimum Gasteiger partial charge on any atom is -0.310 e. The number of nitrogens with zero attached hydrogens (tertiary/aromatic N) is 1. The number of benzene rings is 1. The van der Waals surface area contributed by atoms with E-state index in [-0.39, 0.29) is 5.54 Å². The summed E-state index contributed by atoms with van der Waals surface area (Å²) in [5.74, 6) is 0. The monoisotopic (exact) mass is 304 g/mol. The topological polar surface area (TPSA) is 15.3 Å². The first-order chi connectivity index (χ1) is 10.1. The molecule has 1 aromatic rings. The number of fused-ring (bicyclic) bond motifs is 1. The van der Waals surface area contributed by atoms with Gasteiger partial charge in [0, 0.05) is 34.8 Å². The number of rotatable bonds is 3. The Morgan fingerprint density at radius 2 is 2.19 bits per heavy atom. The Hall–Kier alpha value is -0.510. The lowest BCUT2D eigenvalue weighted by atomic mass is 9.98. The van der Waals surface area contributed by atoms with Crippen LogP contribution in [0.4, 0.5) is 0 Å². The highest BCUT2D eigenvalue weighted by atomic mass is 32.2. The van der Waals surface area contributed by atoms with Crippen molar-refractivity contribution in [2.24, 2.45) is 0 Å². The van der Waals surface area contributed by atoms with E-state index in [1.54, 1.807) is 5.56 Å². The third-order valence-electron chi connectivity index (χ3n) is 5.22. The fraction of sp³-hybridized carbons (Fsp3) is 0.667. The highest BCUT2D eigenvalue weighted by Crippen LogP contribution is 2.37. The van der Waals surface area contributed by atoms with Gasteiger partial charge in [-0.05, 0) is 51.3 Å². The first kappa shape index (κ1) is 15.4. The van der Waals surface area contributed by atoms with Crippen molar-refractivity contribution >= 4 is 11.8 Å². The van der Waals surface area contributed by atoms with E-state index in [1.807, 2.05) is 0 Å². The highest BCUT2D eigenvalue weighted by molar-refractivity contribution is 8.00. The van der Waals surface area contributed by atoms with Crippen molar-refractivity contribution in [3.8, 4) is 0 Å². The SMILES string of the molecule is CCC1(C)CN(CC2Cc3ccccc3S2)C(C)CCN1. The molecule has 0 aliphatic carbocycles. The fourth-order valence-electron chi connectivity index (χ4n) is 3.52. The van der Waals surface area contributed by atoms with Crippen LogP contribution in [0, 0.1) is 0 Å². The Labute approximate surface area is 133 Å². The van der Waals surface area contributed by atoms with E-state index < -0.39 is 0 Å². The maximum Gasteiger partial charge on any atom is 0.0277 e. The second-order valence-electron chi connectivity index (χ2n) is 6.96. The zero-order valence-corrected chi connectivity index (χ0v) is 14.4. The second kappa shape index (κ2) is 6.31. The van der Waals surface area contributed by atoms with Gasteiger partial charge in [-0.3, -0.25) is 4.90 Å². The zero-order valence-electron chi connectivity index (χ0n) is 13.6. The van der Waals surface area contributed by atoms with Gasteiger partial charge in [-0.1, -0.05) is 25.1 Å². The van der Waals surface area contributed by atoms with Crippen molar-refractivity contribution in [2.45, 2.75) is 61.8 Å². The number of nitrogens with one attached hydrogen (secondary N) is 1. The molecule has 2 aliphatic heterocycles. The summed E-state index contributed by atoms with van der Waals surface area (Å²) in [5, 5.41) is 4.49. The molecule has 1 saturated heterocycles. The molecule has 2 nitrogen and oxygen atoms in total. The molecule has 1 fully saturated rings. The molecule has 2 heterocycles. The molecule has 0 spiro atoms. The maximum absolute atomic E-state index is 3.76. The normalized spacial score (nSPS) is 33.7. The Bertz CT molecular complexity index is 465. The van der Waals surface area contributed by atoms with E-state index in [9.17, 15) is 0 Å². The van der Waals surface area contributed by atoms with Crippen LogP contribution in [0.25, 0.3) is 0 Å². The van der Waals surface area contributed by atoms with Crippen molar-refractivity contribution in [2.75, 3.05) is 19.6 Å². The summed E-state index contributed by atoms with van der Waals surface area (Å²) in [4.78, 5) is 4.23. The lowest BCUT2D eigenvalue weighted by Crippen LogP contribution is -2.50. The summed E-state index contributed by atoms with van der Waals surface area (Å²) in [6.07, 6.45) is 3.70. The molecule has 21 heavy (non-hydrogen) atoms. The summed E-state index contributed by atoms with van der Waals surface area (Å²) < 4.78 is 0. The van der Waals surface area contributed by atoms with E-state index in [0.717, 1.165) is 11.8 Å². The Kier molecular flexibility index (Phi) is 4.63. The summed E-state index contributed by atoms with van der Waals surface area (Å²) in [6.45, 7) is 10.6. The first-order valence-electron chi connectivity index (χ1n) is 8.33. The molecule has 2 aliphatic rings. The molecule has 0 saturated carbocycles. The van der Waals surface area contributed by atoms with Crippen LogP contribution in [0.3, 0.4) is 0 Å². The van der Waals surface area contributed by atoms with E-state index in [0.29, 0.717) is 6.04 Å². The summed E-state index contributed by atoms with van der Waals surface area (Å²) >= 11 is 2.08. The fourth-order valence-corrected chi connectivity index (χ4v) is 4.87. The third kappa shape index (κ3) is 3.46. The van der Waals surface area contributed by atoms with Gasteiger partial charge in [0.15, 0.2) is 0 Å². The van der Waals surface area contributed by atoms with Gasteiger partial charge in [-0.2, -0.15) is 0 Å². The average molecular weight is 305 g/mol. The van der Waals surface area contributed by atoms with Gasteiger partial charge in [0.1, 0.15) is 0 Å². The van der Waals surface area contributed by atoms with E-state index in [4.69, 9.17) is 0 Å². The standard InChI is InChI=1S/C18H28N2S/c1-4-18(3)13-20(14(2)9-10-19-18)12-16-11-15-7-5-6-8-17(15)21-16/h5-8,14,16,19H,4,9-13H2,1-3H3. The molecule has 0 bridgehead atoms. The Morgan fingerprint density at radius 1 is 1.38 bits per heavy atom. The smallest absolute Gasteiger partial charge is 0.0277 e. The molecule has 0 radical (unpaired) electrons. The van der Waals surface area contributed by atoms with Gasteiger partial charge < -0.3 is 5.32 Å². The molecule has 116 valence electrons. The number of hydrogen-bond donors (Lipinski definition) is 1. The molecule has 3 heteroatoms. The molecular weight excluding hydrogens is 276 g/mol. The lowest BCUT2D eigenvalue weighted by Gasteiger charge is -2.36. The summed E-state index contributed by atoms with van der Waals surface area (Å²) in [5.41, 5.74) is 1.83. The quantitative estimate of drug-likeness (QED) is 0.919. The van der Waals surface area contributed by atoms with Crippen molar-refractivity contribution in [1.29, 1.82) is 0 Å². The van der Waals surface area contributed by atoms with Crippen LogP contribution in [-0.4, -0.2) is 41.4 Å². The van der Waals surface area contributed by atoms with Gasteiger partial charge in [-0.15, -0.1) is 11.8 Å². The minimum atomic E-state index is 0.279. The molecule has 1 N–H and O–H groups in total. The number of thioether (sulfide) groups is 1. The van der Waals surface area contributed by atoms with Crippen LogP contribution in [0.15, 0.2) is 29.2 Å². The number of hydrogen-bond acceptors (Lipinski definition) is 3. The van der Waals surface area contributed by atoms with Crippen molar-refractivity contribution in [3.63, 3.8) is 0 Å². The van der Waals surface area contributed by atoms with Gasteiger partial charge >= 0.3 is 0 Å². The molecular formula is C18H28N2S. The van der Waals surface area contributed by atoms with Crippen LogP contribution < -0.4 is 5.32 Å². The van der Waals surface area contributed by atoms with Crippen LogP contribution in [0.2, 0.25) is 0 Å². The predicted octanol–water partition coefficient (Wildman–Crippen LogP) is 3.56. The Morgan fingerprint density at radius 3 is 2.95 bits per heavy atom.